The fraction of sp³-hybridized carbons (Fsp3) is 0.417. The maximum absolute atomic E-state index is 10.0. The molecule has 1 aliphatic rings. The van der Waals surface area contributed by atoms with Gasteiger partial charge in [0.15, 0.2) is 0 Å². The summed E-state index contributed by atoms with van der Waals surface area (Å²) in [4.78, 5) is 12.3. The van der Waals surface area contributed by atoms with Crippen LogP contribution in [0.1, 0.15) is 53.0 Å². The van der Waals surface area contributed by atoms with Crippen LogP contribution in [0, 0.1) is 11.3 Å². The number of nitrogens with zero attached hydrogens (tertiary/aromatic N) is 2. The molecule has 156 valence electrons. The van der Waals surface area contributed by atoms with E-state index in [4.69, 9.17) is 5.73 Å². The molecule has 0 radical (unpaired) electrons. The van der Waals surface area contributed by atoms with Crippen molar-refractivity contribution in [2.24, 2.45) is 5.73 Å². The second kappa shape index (κ2) is 11.8. The molecule has 0 atom stereocenters. The van der Waals surface area contributed by atoms with Crippen LogP contribution in [0.15, 0.2) is 48.5 Å². The summed E-state index contributed by atoms with van der Waals surface area (Å²) < 4.78 is 4.58. The molecule has 1 fully saturated rings. The summed E-state index contributed by atoms with van der Waals surface area (Å²) in [5.41, 5.74) is 8.51. The maximum Gasteiger partial charge on any atom is 0.405 e. The number of nitriles is 1. The Balaban J connectivity index is 0.000000358. The Bertz CT molecular complexity index is 799. The van der Waals surface area contributed by atoms with Crippen molar-refractivity contribution < 1.29 is 9.53 Å². The van der Waals surface area contributed by atoms with Crippen molar-refractivity contribution in [3.05, 3.63) is 54.1 Å². The van der Waals surface area contributed by atoms with E-state index in [1.165, 1.54) is 24.0 Å². The molecule has 0 unspecified atom stereocenters. The Morgan fingerprint density at radius 3 is 2.07 bits per heavy atom. The number of ether oxygens (including phenoxy) is 1. The maximum atomic E-state index is 10.0. The molecule has 3 rings (SSSR count). The number of carbonyl (C=O) groups is 1. The average molecular weight is 396 g/mol. The normalized spacial score (nSPS) is 12.6. The van der Waals surface area contributed by atoms with Gasteiger partial charge in [0.05, 0.1) is 11.3 Å². The zero-order chi connectivity index (χ0) is 21.9. The fourth-order valence-electron chi connectivity index (χ4n) is 2.96. The average Bonchev–Trinajstić information content (AvgIpc) is 3.23. The van der Waals surface area contributed by atoms with E-state index in [0.717, 1.165) is 24.3 Å². The van der Waals surface area contributed by atoms with Crippen molar-refractivity contribution in [2.75, 3.05) is 18.0 Å². The predicted octanol–water partition coefficient (Wildman–Crippen LogP) is 5.73. The number of amides is 1. The number of hydrogen-bond acceptors (Lipinski definition) is 4. The molecule has 0 saturated carbocycles. The third-order valence-corrected chi connectivity index (χ3v) is 4.08. The highest BCUT2D eigenvalue weighted by atomic mass is 16.6. The number of carbonyl (C=O) groups excluding carboxylic acids is 1. The van der Waals surface area contributed by atoms with E-state index in [1.54, 1.807) is 20.8 Å². The predicted molar refractivity (Wildman–Crippen MR) is 120 cm³/mol. The summed E-state index contributed by atoms with van der Waals surface area (Å²) in [6.45, 7) is 11.4. The smallest absolute Gasteiger partial charge is 0.405 e. The first kappa shape index (κ1) is 24.0. The Morgan fingerprint density at radius 2 is 1.62 bits per heavy atom. The summed E-state index contributed by atoms with van der Waals surface area (Å²) in [6, 6.07) is 18.8. The molecule has 0 spiro atoms. The van der Waals surface area contributed by atoms with Crippen molar-refractivity contribution in [1.29, 1.82) is 5.26 Å². The lowest BCUT2D eigenvalue weighted by Gasteiger charge is -2.20. The van der Waals surface area contributed by atoms with Crippen molar-refractivity contribution in [1.82, 2.24) is 0 Å². The standard InChI is InChI=1S/C17H16N2.C5H11NO2.C2H6/c18-13-16-9-8-15(14-6-2-1-3-7-14)12-17(16)19-10-4-5-11-19;1-5(2,3)8-4(6)7;1-2/h1-3,6-9,12H,4-5,10-11H2;1-3H3,(H2,6,7);1-2H3. The van der Waals surface area contributed by atoms with Crippen LogP contribution in [0.5, 0.6) is 0 Å². The van der Waals surface area contributed by atoms with E-state index >= 15 is 0 Å². The van der Waals surface area contributed by atoms with Gasteiger partial charge in [-0.05, 0) is 56.9 Å². The Kier molecular flexibility index (Phi) is 9.74. The first-order valence-corrected chi connectivity index (χ1v) is 10.1. The highest BCUT2D eigenvalue weighted by molar-refractivity contribution is 5.72. The quantitative estimate of drug-likeness (QED) is 0.704. The summed E-state index contributed by atoms with van der Waals surface area (Å²) in [7, 11) is 0. The number of hydrogen-bond donors (Lipinski definition) is 1. The Labute approximate surface area is 175 Å². The van der Waals surface area contributed by atoms with Crippen LogP contribution < -0.4 is 10.6 Å². The molecule has 5 nitrogen and oxygen atoms in total. The minimum atomic E-state index is -0.725. The molecule has 1 amide bonds. The highest BCUT2D eigenvalue weighted by Gasteiger charge is 2.16. The van der Waals surface area contributed by atoms with E-state index in [-0.39, 0.29) is 0 Å². The van der Waals surface area contributed by atoms with Gasteiger partial charge >= 0.3 is 6.09 Å². The van der Waals surface area contributed by atoms with Crippen LogP contribution >= 0.6 is 0 Å². The third-order valence-electron chi connectivity index (χ3n) is 4.08. The molecule has 0 bridgehead atoms. The van der Waals surface area contributed by atoms with Gasteiger partial charge in [0.1, 0.15) is 11.7 Å². The number of benzene rings is 2. The van der Waals surface area contributed by atoms with E-state index < -0.39 is 11.7 Å². The van der Waals surface area contributed by atoms with Crippen LogP contribution in [0.4, 0.5) is 10.5 Å². The van der Waals surface area contributed by atoms with Gasteiger partial charge in [-0.2, -0.15) is 5.26 Å². The molecule has 0 aromatic heterocycles. The lowest BCUT2D eigenvalue weighted by atomic mass is 10.0. The second-order valence-corrected chi connectivity index (χ2v) is 7.44. The second-order valence-electron chi connectivity index (χ2n) is 7.44. The zero-order valence-electron chi connectivity index (χ0n) is 18.2. The van der Waals surface area contributed by atoms with Crippen LogP contribution in [0.25, 0.3) is 11.1 Å². The number of primary amides is 1. The van der Waals surface area contributed by atoms with E-state index in [1.807, 2.05) is 44.2 Å². The topological polar surface area (TPSA) is 79.3 Å². The van der Waals surface area contributed by atoms with Crippen molar-refractivity contribution in [3.63, 3.8) is 0 Å². The monoisotopic (exact) mass is 395 g/mol. The van der Waals surface area contributed by atoms with Crippen LogP contribution in [-0.2, 0) is 4.74 Å². The molecule has 2 aromatic rings. The molecular weight excluding hydrogens is 362 g/mol. The minimum absolute atomic E-state index is 0.453. The minimum Gasteiger partial charge on any atom is -0.444 e. The van der Waals surface area contributed by atoms with Gasteiger partial charge in [0.2, 0.25) is 0 Å². The third kappa shape index (κ3) is 8.27. The molecule has 1 aliphatic heterocycles. The number of anilines is 1. The lowest BCUT2D eigenvalue weighted by Crippen LogP contribution is -2.27. The van der Waals surface area contributed by atoms with Gasteiger partial charge in [0.25, 0.3) is 0 Å². The van der Waals surface area contributed by atoms with E-state index in [9.17, 15) is 10.1 Å². The lowest BCUT2D eigenvalue weighted by molar-refractivity contribution is 0.0600. The van der Waals surface area contributed by atoms with Gasteiger partial charge in [-0.3, -0.25) is 0 Å². The van der Waals surface area contributed by atoms with Crippen molar-refractivity contribution in [2.45, 2.75) is 53.1 Å². The molecule has 5 heteroatoms. The van der Waals surface area contributed by atoms with Crippen LogP contribution in [0.2, 0.25) is 0 Å². The molecule has 29 heavy (non-hydrogen) atoms. The Hall–Kier alpha value is -3.00. The first-order valence-electron chi connectivity index (χ1n) is 10.1. The van der Waals surface area contributed by atoms with Gasteiger partial charge in [-0.15, -0.1) is 0 Å². The van der Waals surface area contributed by atoms with E-state index in [0.29, 0.717) is 0 Å². The van der Waals surface area contributed by atoms with Gasteiger partial charge in [0, 0.05) is 13.1 Å². The summed E-state index contributed by atoms with van der Waals surface area (Å²) in [5, 5.41) is 9.26. The molecule has 1 saturated heterocycles. The first-order chi connectivity index (χ1) is 13.8. The number of nitrogens with two attached hydrogens (primary N) is 1. The summed E-state index contributed by atoms with van der Waals surface area (Å²) >= 11 is 0. The molecule has 2 aromatic carbocycles. The fourth-order valence-corrected chi connectivity index (χ4v) is 2.96. The van der Waals surface area contributed by atoms with Crippen LogP contribution in [0.3, 0.4) is 0 Å². The molecular formula is C24H33N3O2. The van der Waals surface area contributed by atoms with Gasteiger partial charge in [-0.1, -0.05) is 50.2 Å². The van der Waals surface area contributed by atoms with Crippen molar-refractivity contribution >= 4 is 11.8 Å². The summed E-state index contributed by atoms with van der Waals surface area (Å²) in [5.74, 6) is 0. The van der Waals surface area contributed by atoms with Gasteiger partial charge in [-0.25, -0.2) is 4.79 Å². The summed E-state index contributed by atoms with van der Waals surface area (Å²) in [6.07, 6.45) is 1.72. The van der Waals surface area contributed by atoms with Crippen molar-refractivity contribution in [3.8, 4) is 17.2 Å². The molecule has 1 heterocycles. The number of rotatable bonds is 2. The van der Waals surface area contributed by atoms with E-state index in [2.05, 4.69) is 33.9 Å². The van der Waals surface area contributed by atoms with Crippen LogP contribution in [-0.4, -0.2) is 24.8 Å². The molecule has 0 aliphatic carbocycles. The largest absolute Gasteiger partial charge is 0.444 e. The SMILES string of the molecule is CC.CC(C)(C)OC(N)=O.N#Cc1ccc(-c2ccccc2)cc1N1CCCC1. The Morgan fingerprint density at radius 1 is 1.03 bits per heavy atom. The zero-order valence-corrected chi connectivity index (χ0v) is 18.2. The highest BCUT2D eigenvalue weighted by Crippen LogP contribution is 2.30. The molecule has 2 N–H and O–H groups in total. The van der Waals surface area contributed by atoms with Gasteiger partial charge < -0.3 is 15.4 Å².